The summed E-state index contributed by atoms with van der Waals surface area (Å²) in [4.78, 5) is 10.6. The number of nitrogens with zero attached hydrogens (tertiary/aromatic N) is 3. The molecule has 0 unspecified atom stereocenters. The maximum atomic E-state index is 14.4. The Morgan fingerprint density at radius 2 is 1.72 bits per heavy atom. The van der Waals surface area contributed by atoms with Crippen LogP contribution >= 0.6 is 11.6 Å². The highest BCUT2D eigenvalue weighted by atomic mass is 35.5. The van der Waals surface area contributed by atoms with E-state index in [4.69, 9.17) is 21.1 Å². The Morgan fingerprint density at radius 3 is 2.38 bits per heavy atom. The molecule has 1 aromatic carbocycles. The van der Waals surface area contributed by atoms with Gasteiger partial charge in [0.2, 0.25) is 11.8 Å². The molecule has 1 N–H and O–H groups in total. The number of hydrogen-bond acceptors (Lipinski definition) is 6. The van der Waals surface area contributed by atoms with Crippen molar-refractivity contribution in [2.24, 2.45) is 11.8 Å². The summed E-state index contributed by atoms with van der Waals surface area (Å²) in [7, 11) is 0. The van der Waals surface area contributed by atoms with Gasteiger partial charge in [-0.25, -0.2) is 0 Å². The molecule has 2 aliphatic rings. The second-order valence-electron chi connectivity index (χ2n) is 9.23. The molecule has 0 bridgehead atoms. The summed E-state index contributed by atoms with van der Waals surface area (Å²) in [6, 6.07) is 7.98. The topological polar surface area (TPSA) is 59.5 Å². The first-order valence-electron chi connectivity index (χ1n) is 11.5. The van der Waals surface area contributed by atoms with Gasteiger partial charge in [-0.2, -0.15) is 14.4 Å². The van der Waals surface area contributed by atoms with Crippen LogP contribution in [0.25, 0.3) is 0 Å². The van der Waals surface area contributed by atoms with Crippen molar-refractivity contribution in [1.29, 1.82) is 0 Å². The third-order valence-corrected chi connectivity index (χ3v) is 6.53. The second kappa shape index (κ2) is 10.2. The van der Waals surface area contributed by atoms with E-state index in [-0.39, 0.29) is 29.2 Å². The summed E-state index contributed by atoms with van der Waals surface area (Å²) in [6.07, 6.45) is 4.96. The molecule has 2 aromatic rings. The van der Waals surface area contributed by atoms with Gasteiger partial charge in [-0.3, -0.25) is 0 Å². The van der Waals surface area contributed by atoms with Crippen LogP contribution in [0, 0.1) is 17.7 Å². The monoisotopic (exact) mass is 462 g/mol. The van der Waals surface area contributed by atoms with Gasteiger partial charge in [0.05, 0.1) is 18.8 Å². The van der Waals surface area contributed by atoms with Gasteiger partial charge >= 0.3 is 0 Å². The number of nitrogens with one attached hydrogen (secondary N) is 1. The van der Waals surface area contributed by atoms with E-state index in [1.165, 1.54) is 12.8 Å². The number of anilines is 3. The molecule has 1 aromatic heterocycles. The van der Waals surface area contributed by atoms with E-state index in [0.717, 1.165) is 43.2 Å². The minimum absolute atomic E-state index is 0.0981. The Balaban J connectivity index is 1.40. The Kier molecular flexibility index (Phi) is 7.36. The number of ether oxygens (including phenoxy) is 2. The highest BCUT2D eigenvalue weighted by Gasteiger charge is 2.23. The van der Waals surface area contributed by atoms with Gasteiger partial charge in [0.1, 0.15) is 0 Å². The molecule has 4 rings (SSSR count). The molecule has 1 aliphatic heterocycles. The smallest absolute Gasteiger partial charge is 0.257 e. The third kappa shape index (κ3) is 5.81. The van der Waals surface area contributed by atoms with Gasteiger partial charge < -0.3 is 19.7 Å². The Morgan fingerprint density at radius 1 is 1.06 bits per heavy atom. The lowest BCUT2D eigenvalue weighted by Crippen LogP contribution is -2.45. The van der Waals surface area contributed by atoms with Gasteiger partial charge in [0.25, 0.3) is 5.88 Å². The normalized spacial score (nSPS) is 26.1. The largest absolute Gasteiger partial charge is 0.475 e. The number of benzene rings is 1. The number of halogens is 2. The first-order valence-corrected chi connectivity index (χ1v) is 11.9. The lowest BCUT2D eigenvalue weighted by molar-refractivity contribution is -0.00521. The summed E-state index contributed by atoms with van der Waals surface area (Å²) in [5.74, 6) is 0.582. The zero-order valence-electron chi connectivity index (χ0n) is 19.0. The van der Waals surface area contributed by atoms with Crippen molar-refractivity contribution >= 4 is 28.9 Å². The van der Waals surface area contributed by atoms with Crippen molar-refractivity contribution in [3.05, 3.63) is 35.2 Å². The van der Waals surface area contributed by atoms with Crippen molar-refractivity contribution in [2.75, 3.05) is 29.9 Å². The van der Waals surface area contributed by atoms with Gasteiger partial charge in [0.15, 0.2) is 5.15 Å². The minimum atomic E-state index is -0.715. The van der Waals surface area contributed by atoms with Crippen molar-refractivity contribution in [3.8, 4) is 5.88 Å². The molecular weight excluding hydrogens is 431 g/mol. The van der Waals surface area contributed by atoms with Crippen LogP contribution in [0.2, 0.25) is 5.15 Å². The average Bonchev–Trinajstić information content (AvgIpc) is 2.76. The maximum Gasteiger partial charge on any atom is 0.257 e. The lowest BCUT2D eigenvalue weighted by Gasteiger charge is -2.36. The van der Waals surface area contributed by atoms with Crippen LogP contribution in [-0.4, -0.2) is 41.9 Å². The summed E-state index contributed by atoms with van der Waals surface area (Å²) in [6.45, 7) is 8.60. The summed E-state index contributed by atoms with van der Waals surface area (Å²) in [5.41, 5.74) is 1.92. The summed E-state index contributed by atoms with van der Waals surface area (Å²) >= 11 is 6.02. The fourth-order valence-electron chi connectivity index (χ4n) is 4.52. The predicted octanol–water partition coefficient (Wildman–Crippen LogP) is 5.83. The van der Waals surface area contributed by atoms with E-state index in [9.17, 15) is 4.39 Å². The van der Waals surface area contributed by atoms with Crippen LogP contribution in [0.15, 0.2) is 24.3 Å². The van der Waals surface area contributed by atoms with Gasteiger partial charge in [-0.05, 0) is 62.8 Å². The molecule has 2 fully saturated rings. The van der Waals surface area contributed by atoms with Gasteiger partial charge in [-0.1, -0.05) is 31.4 Å². The standard InChI is InChI=1S/C24H32ClFN4O2/c1-15-4-6-18(7-5-15)14-31-23-21(26)22(25)28-24(29-23)27-19-8-10-20(11-9-19)30-12-16(2)32-17(3)13-30/h8-11,15-18H,4-7,12-14H2,1-3H3,(H,27,28,29)/t15-,16-,17+,18-. The molecular formula is C24H32ClFN4O2. The van der Waals surface area contributed by atoms with Gasteiger partial charge in [0, 0.05) is 24.5 Å². The first-order chi connectivity index (χ1) is 15.4. The first kappa shape index (κ1) is 23.1. The Hall–Kier alpha value is -2.12. The fourth-order valence-corrected chi connectivity index (χ4v) is 4.68. The molecule has 8 heteroatoms. The van der Waals surface area contributed by atoms with Crippen LogP contribution in [0.5, 0.6) is 5.88 Å². The molecule has 32 heavy (non-hydrogen) atoms. The van der Waals surface area contributed by atoms with E-state index < -0.39 is 5.82 Å². The molecule has 1 saturated heterocycles. The quantitative estimate of drug-likeness (QED) is 0.545. The number of hydrogen-bond donors (Lipinski definition) is 1. The molecule has 174 valence electrons. The number of aromatic nitrogens is 2. The minimum Gasteiger partial charge on any atom is -0.475 e. The highest BCUT2D eigenvalue weighted by molar-refractivity contribution is 6.29. The maximum absolute atomic E-state index is 14.4. The fraction of sp³-hybridized carbons (Fsp3) is 0.583. The van der Waals surface area contributed by atoms with Crippen molar-refractivity contribution in [3.63, 3.8) is 0 Å². The van der Waals surface area contributed by atoms with E-state index in [1.54, 1.807) is 0 Å². The van der Waals surface area contributed by atoms with E-state index in [1.807, 2.05) is 24.3 Å². The third-order valence-electron chi connectivity index (χ3n) is 6.28. The molecule has 1 aliphatic carbocycles. The van der Waals surface area contributed by atoms with Crippen molar-refractivity contribution in [2.45, 2.75) is 58.7 Å². The molecule has 2 atom stereocenters. The number of rotatable bonds is 6. The van der Waals surface area contributed by atoms with Crippen LogP contribution in [0.4, 0.5) is 21.7 Å². The zero-order valence-corrected chi connectivity index (χ0v) is 19.7. The van der Waals surface area contributed by atoms with Crippen molar-refractivity contribution in [1.82, 2.24) is 9.97 Å². The molecule has 0 amide bonds. The van der Waals surface area contributed by atoms with Crippen LogP contribution in [0.1, 0.15) is 46.5 Å². The molecule has 0 radical (unpaired) electrons. The van der Waals surface area contributed by atoms with E-state index in [0.29, 0.717) is 12.5 Å². The predicted molar refractivity (Wildman–Crippen MR) is 126 cm³/mol. The summed E-state index contributed by atoms with van der Waals surface area (Å²) in [5, 5.41) is 2.86. The molecule has 1 saturated carbocycles. The highest BCUT2D eigenvalue weighted by Crippen LogP contribution is 2.30. The zero-order chi connectivity index (χ0) is 22.7. The second-order valence-corrected chi connectivity index (χ2v) is 9.59. The lowest BCUT2D eigenvalue weighted by atomic mass is 9.83. The molecule has 6 nitrogen and oxygen atoms in total. The average molecular weight is 463 g/mol. The van der Waals surface area contributed by atoms with Crippen LogP contribution < -0.4 is 15.0 Å². The van der Waals surface area contributed by atoms with Crippen LogP contribution in [0.3, 0.4) is 0 Å². The molecule has 0 spiro atoms. The SMILES string of the molecule is C[C@@H]1CN(c2ccc(Nc3nc(Cl)c(F)c(OC[C@H]4CC[C@H](C)CC4)n3)cc2)C[C@H](C)O1. The molecule has 2 heterocycles. The Labute approximate surface area is 194 Å². The summed E-state index contributed by atoms with van der Waals surface area (Å²) < 4.78 is 26.0. The number of morpholine rings is 1. The van der Waals surface area contributed by atoms with Crippen molar-refractivity contribution < 1.29 is 13.9 Å². The van der Waals surface area contributed by atoms with E-state index in [2.05, 4.69) is 41.0 Å². The van der Waals surface area contributed by atoms with Gasteiger partial charge in [-0.15, -0.1) is 0 Å². The Bertz CT molecular complexity index is 896. The van der Waals surface area contributed by atoms with Crippen LogP contribution in [-0.2, 0) is 4.74 Å². The van der Waals surface area contributed by atoms with E-state index >= 15 is 0 Å².